The van der Waals surface area contributed by atoms with Crippen molar-refractivity contribution in [1.82, 2.24) is 30.4 Å². The molecule has 0 aliphatic heterocycles. The number of benzene rings is 2. The van der Waals surface area contributed by atoms with E-state index in [4.69, 9.17) is 9.47 Å². The molecule has 10 nitrogen and oxygen atoms in total. The SMILES string of the molecule is COc1ccc(-c2nnn(CC(=O)N(C3CCCC3)C(C(=O)NC(C)(C)C)c3ccc(F)cc3)n2)cc1OC. The molecular formula is C28H35FN6O4. The summed E-state index contributed by atoms with van der Waals surface area (Å²) in [5, 5.41) is 15.6. The molecule has 0 bridgehead atoms. The Morgan fingerprint density at radius 1 is 1.08 bits per heavy atom. The van der Waals surface area contributed by atoms with Gasteiger partial charge in [0.25, 0.3) is 0 Å². The zero-order chi connectivity index (χ0) is 28.2. The highest BCUT2D eigenvalue weighted by Gasteiger charge is 2.38. The lowest BCUT2D eigenvalue weighted by atomic mass is 9.99. The average molecular weight is 539 g/mol. The number of tetrazole rings is 1. The fourth-order valence-electron chi connectivity index (χ4n) is 4.87. The van der Waals surface area contributed by atoms with Crippen molar-refractivity contribution in [3.8, 4) is 22.9 Å². The van der Waals surface area contributed by atoms with Crippen molar-refractivity contribution in [2.75, 3.05) is 14.2 Å². The van der Waals surface area contributed by atoms with Gasteiger partial charge < -0.3 is 19.7 Å². The maximum atomic E-state index is 13.9. The van der Waals surface area contributed by atoms with E-state index in [2.05, 4.69) is 20.7 Å². The quantitative estimate of drug-likeness (QED) is 0.440. The zero-order valence-corrected chi connectivity index (χ0v) is 23.0. The molecule has 3 aromatic rings. The molecule has 208 valence electrons. The lowest BCUT2D eigenvalue weighted by molar-refractivity contribution is -0.145. The average Bonchev–Trinajstić information content (AvgIpc) is 3.59. The Bertz CT molecular complexity index is 1300. The molecule has 1 atom stereocenters. The minimum absolute atomic E-state index is 0.146. The molecule has 1 aromatic heterocycles. The molecule has 2 aromatic carbocycles. The smallest absolute Gasteiger partial charge is 0.247 e. The van der Waals surface area contributed by atoms with Crippen LogP contribution in [0.5, 0.6) is 11.5 Å². The monoisotopic (exact) mass is 538 g/mol. The van der Waals surface area contributed by atoms with E-state index in [1.165, 1.54) is 24.0 Å². The molecule has 4 rings (SSSR count). The van der Waals surface area contributed by atoms with E-state index in [0.29, 0.717) is 28.5 Å². The van der Waals surface area contributed by atoms with Crippen molar-refractivity contribution in [2.24, 2.45) is 0 Å². The lowest BCUT2D eigenvalue weighted by Gasteiger charge is -2.37. The molecule has 1 heterocycles. The summed E-state index contributed by atoms with van der Waals surface area (Å²) >= 11 is 0. The molecule has 0 spiro atoms. The van der Waals surface area contributed by atoms with E-state index >= 15 is 0 Å². The summed E-state index contributed by atoms with van der Waals surface area (Å²) in [5.74, 6) is 0.334. The molecule has 11 heteroatoms. The standard InChI is InChI=1S/C28H35FN6O4/c1-28(2,3)30-27(37)25(18-10-13-20(29)14-11-18)35(21-8-6-7-9-21)24(36)17-34-32-26(31-33-34)19-12-15-22(38-4)23(16-19)39-5/h10-16,21,25H,6-9,17H2,1-5H3,(H,30,37). The first-order chi connectivity index (χ1) is 18.6. The molecule has 0 saturated heterocycles. The minimum atomic E-state index is -0.936. The van der Waals surface area contributed by atoms with Gasteiger partial charge in [-0.15, -0.1) is 10.2 Å². The molecule has 1 aliphatic rings. The first-order valence-electron chi connectivity index (χ1n) is 13.0. The zero-order valence-electron chi connectivity index (χ0n) is 23.0. The van der Waals surface area contributed by atoms with Crippen molar-refractivity contribution in [3.63, 3.8) is 0 Å². The molecule has 1 unspecified atom stereocenters. The third kappa shape index (κ3) is 6.71. The molecular weight excluding hydrogens is 503 g/mol. The van der Waals surface area contributed by atoms with Gasteiger partial charge in [0.05, 0.1) is 14.2 Å². The fourth-order valence-corrected chi connectivity index (χ4v) is 4.87. The van der Waals surface area contributed by atoms with Gasteiger partial charge in [-0.2, -0.15) is 4.80 Å². The Kier molecular flexibility index (Phi) is 8.47. The molecule has 1 aliphatic carbocycles. The number of ether oxygens (including phenoxy) is 2. The van der Waals surface area contributed by atoms with E-state index < -0.39 is 17.4 Å². The number of carbonyl (C=O) groups is 2. The van der Waals surface area contributed by atoms with Gasteiger partial charge in [-0.3, -0.25) is 9.59 Å². The van der Waals surface area contributed by atoms with Crippen molar-refractivity contribution in [1.29, 1.82) is 0 Å². The normalized spacial score (nSPS) is 14.6. The topological polar surface area (TPSA) is 111 Å². The number of hydrogen-bond donors (Lipinski definition) is 1. The molecule has 1 saturated carbocycles. The molecule has 1 fully saturated rings. The third-order valence-electron chi connectivity index (χ3n) is 6.59. The van der Waals surface area contributed by atoms with E-state index in [-0.39, 0.29) is 24.4 Å². The first-order valence-corrected chi connectivity index (χ1v) is 13.0. The van der Waals surface area contributed by atoms with Crippen molar-refractivity contribution < 1.29 is 23.5 Å². The minimum Gasteiger partial charge on any atom is -0.493 e. The second kappa shape index (κ2) is 11.8. The van der Waals surface area contributed by atoms with Crippen LogP contribution in [0, 0.1) is 5.82 Å². The molecule has 2 amide bonds. The third-order valence-corrected chi connectivity index (χ3v) is 6.59. The van der Waals surface area contributed by atoms with Crippen LogP contribution in [0.15, 0.2) is 42.5 Å². The summed E-state index contributed by atoms with van der Waals surface area (Å²) in [6.45, 7) is 5.42. The molecule has 0 radical (unpaired) electrons. The van der Waals surface area contributed by atoms with Crippen LogP contribution in [0.4, 0.5) is 4.39 Å². The summed E-state index contributed by atoms with van der Waals surface area (Å²) < 4.78 is 24.4. The number of halogens is 1. The summed E-state index contributed by atoms with van der Waals surface area (Å²) in [6, 6.07) is 9.88. The Morgan fingerprint density at radius 2 is 1.74 bits per heavy atom. The van der Waals surface area contributed by atoms with Crippen LogP contribution in [0.3, 0.4) is 0 Å². The van der Waals surface area contributed by atoms with Crippen molar-refractivity contribution >= 4 is 11.8 Å². The van der Waals surface area contributed by atoms with Crippen LogP contribution in [0.1, 0.15) is 58.1 Å². The number of nitrogens with one attached hydrogen (secondary N) is 1. The highest BCUT2D eigenvalue weighted by atomic mass is 19.1. The van der Waals surface area contributed by atoms with Crippen molar-refractivity contribution in [2.45, 2.75) is 70.6 Å². The van der Waals surface area contributed by atoms with Gasteiger partial charge >= 0.3 is 0 Å². The predicted octanol–water partition coefficient (Wildman–Crippen LogP) is 3.92. The largest absolute Gasteiger partial charge is 0.493 e. The van der Waals surface area contributed by atoms with Gasteiger partial charge in [0, 0.05) is 17.1 Å². The summed E-state index contributed by atoms with van der Waals surface area (Å²) in [4.78, 5) is 30.4. The number of nitrogens with zero attached hydrogens (tertiary/aromatic N) is 5. The van der Waals surface area contributed by atoms with Crippen LogP contribution in [-0.2, 0) is 16.1 Å². The number of methoxy groups -OCH3 is 2. The second-order valence-electron chi connectivity index (χ2n) is 10.6. The van der Waals surface area contributed by atoms with Crippen molar-refractivity contribution in [3.05, 3.63) is 53.8 Å². The Labute approximate surface area is 227 Å². The van der Waals surface area contributed by atoms with Crippen LogP contribution in [0.25, 0.3) is 11.4 Å². The second-order valence-corrected chi connectivity index (χ2v) is 10.6. The number of amides is 2. The molecule has 39 heavy (non-hydrogen) atoms. The van der Waals surface area contributed by atoms with Gasteiger partial charge in [-0.25, -0.2) is 4.39 Å². The van der Waals surface area contributed by atoms with Gasteiger partial charge in [-0.1, -0.05) is 25.0 Å². The first kappa shape index (κ1) is 28.0. The fraction of sp³-hybridized carbons (Fsp3) is 0.464. The predicted molar refractivity (Wildman–Crippen MR) is 142 cm³/mol. The maximum Gasteiger partial charge on any atom is 0.247 e. The number of rotatable bonds is 9. The maximum absolute atomic E-state index is 13.9. The van der Waals surface area contributed by atoms with Crippen LogP contribution in [-0.4, -0.2) is 62.7 Å². The van der Waals surface area contributed by atoms with E-state index in [1.807, 2.05) is 20.8 Å². The van der Waals surface area contributed by atoms with E-state index in [9.17, 15) is 14.0 Å². The number of carbonyl (C=O) groups excluding carboxylic acids is 2. The van der Waals surface area contributed by atoms with E-state index in [0.717, 1.165) is 25.7 Å². The van der Waals surface area contributed by atoms with Crippen LogP contribution in [0.2, 0.25) is 0 Å². The van der Waals surface area contributed by atoms with E-state index in [1.54, 1.807) is 42.3 Å². The number of hydrogen-bond acceptors (Lipinski definition) is 7. The molecule has 1 N–H and O–H groups in total. The summed E-state index contributed by atoms with van der Waals surface area (Å²) in [5.41, 5.74) is 0.658. The Morgan fingerprint density at radius 3 is 2.36 bits per heavy atom. The highest BCUT2D eigenvalue weighted by Crippen LogP contribution is 2.33. The Balaban J connectivity index is 1.65. The number of aromatic nitrogens is 4. The van der Waals surface area contributed by atoms with Gasteiger partial charge in [-0.05, 0) is 74.7 Å². The van der Waals surface area contributed by atoms with Gasteiger partial charge in [0.1, 0.15) is 18.4 Å². The van der Waals surface area contributed by atoms with Gasteiger partial charge in [0.15, 0.2) is 11.5 Å². The Hall–Kier alpha value is -4.02. The van der Waals surface area contributed by atoms with Crippen LogP contribution < -0.4 is 14.8 Å². The van der Waals surface area contributed by atoms with Gasteiger partial charge in [0.2, 0.25) is 17.6 Å². The lowest BCUT2D eigenvalue weighted by Crippen LogP contribution is -2.52. The summed E-state index contributed by atoms with van der Waals surface area (Å²) in [7, 11) is 3.09. The highest BCUT2D eigenvalue weighted by molar-refractivity contribution is 5.89. The van der Waals surface area contributed by atoms with Crippen LogP contribution >= 0.6 is 0 Å². The summed E-state index contributed by atoms with van der Waals surface area (Å²) in [6.07, 6.45) is 3.45.